The van der Waals surface area contributed by atoms with E-state index in [9.17, 15) is 0 Å². The van der Waals surface area contributed by atoms with Gasteiger partial charge in [0, 0.05) is 24.0 Å². The van der Waals surface area contributed by atoms with E-state index < -0.39 is 0 Å². The second-order valence-electron chi connectivity index (χ2n) is 3.86. The van der Waals surface area contributed by atoms with E-state index in [1.165, 1.54) is 0 Å². The van der Waals surface area contributed by atoms with Gasteiger partial charge < -0.3 is 4.74 Å². The van der Waals surface area contributed by atoms with Crippen LogP contribution in [0.3, 0.4) is 0 Å². The Morgan fingerprint density at radius 1 is 1.11 bits per heavy atom. The molecule has 0 aliphatic rings. The highest BCUT2D eigenvalue weighted by Crippen LogP contribution is 2.27. The molecule has 4 heteroatoms. The summed E-state index contributed by atoms with van der Waals surface area (Å²) < 4.78 is 7.57. The summed E-state index contributed by atoms with van der Waals surface area (Å²) in [5.74, 6) is 1.56. The normalized spacial score (nSPS) is 10.7. The Morgan fingerprint density at radius 3 is 2.72 bits per heavy atom. The van der Waals surface area contributed by atoms with Crippen LogP contribution >= 0.6 is 0 Å². The summed E-state index contributed by atoms with van der Waals surface area (Å²) in [4.78, 5) is 8.52. The van der Waals surface area contributed by atoms with Crippen LogP contribution in [0.25, 0.3) is 16.9 Å². The SMILES string of the molecule is CCOc1cccc2c1ccn2-c1ncccn1. The summed E-state index contributed by atoms with van der Waals surface area (Å²) in [5, 5.41) is 1.08. The number of hydrogen-bond acceptors (Lipinski definition) is 3. The van der Waals surface area contributed by atoms with Crippen molar-refractivity contribution in [3.8, 4) is 11.7 Å². The van der Waals surface area contributed by atoms with Crippen LogP contribution in [0, 0.1) is 0 Å². The number of rotatable bonds is 3. The topological polar surface area (TPSA) is 39.9 Å². The van der Waals surface area contributed by atoms with Crippen LogP contribution in [0.5, 0.6) is 5.75 Å². The lowest BCUT2D eigenvalue weighted by atomic mass is 10.2. The lowest BCUT2D eigenvalue weighted by Crippen LogP contribution is -1.98. The molecule has 0 fully saturated rings. The van der Waals surface area contributed by atoms with Gasteiger partial charge in [0.2, 0.25) is 5.95 Å². The Morgan fingerprint density at radius 2 is 1.94 bits per heavy atom. The molecule has 0 radical (unpaired) electrons. The second-order valence-corrected chi connectivity index (χ2v) is 3.86. The largest absolute Gasteiger partial charge is 0.493 e. The van der Waals surface area contributed by atoms with Gasteiger partial charge >= 0.3 is 0 Å². The second kappa shape index (κ2) is 4.49. The monoisotopic (exact) mass is 239 g/mol. The predicted molar refractivity (Wildman–Crippen MR) is 70.0 cm³/mol. The summed E-state index contributed by atoms with van der Waals surface area (Å²) in [6.45, 7) is 2.64. The molecule has 0 N–H and O–H groups in total. The Kier molecular flexibility index (Phi) is 2.68. The van der Waals surface area contributed by atoms with E-state index in [2.05, 4.69) is 9.97 Å². The lowest BCUT2D eigenvalue weighted by Gasteiger charge is -2.06. The molecular weight excluding hydrogens is 226 g/mol. The van der Waals surface area contributed by atoms with Crippen LogP contribution in [-0.4, -0.2) is 21.1 Å². The van der Waals surface area contributed by atoms with E-state index in [4.69, 9.17) is 4.74 Å². The zero-order valence-corrected chi connectivity index (χ0v) is 10.1. The summed E-state index contributed by atoms with van der Waals surface area (Å²) in [7, 11) is 0. The fraction of sp³-hybridized carbons (Fsp3) is 0.143. The van der Waals surface area contributed by atoms with Crippen molar-refractivity contribution in [2.24, 2.45) is 0 Å². The summed E-state index contributed by atoms with van der Waals surface area (Å²) in [6, 6.07) is 9.82. The molecule has 0 aliphatic carbocycles. The van der Waals surface area contributed by atoms with Crippen LogP contribution < -0.4 is 4.74 Å². The number of hydrogen-bond donors (Lipinski definition) is 0. The first kappa shape index (κ1) is 10.8. The van der Waals surface area contributed by atoms with Gasteiger partial charge in [-0.05, 0) is 31.2 Å². The third kappa shape index (κ3) is 1.72. The molecule has 2 heterocycles. The maximum Gasteiger partial charge on any atom is 0.234 e. The van der Waals surface area contributed by atoms with Gasteiger partial charge in [0.1, 0.15) is 5.75 Å². The van der Waals surface area contributed by atoms with Crippen molar-refractivity contribution in [3.05, 3.63) is 48.9 Å². The number of aromatic nitrogens is 3. The molecule has 18 heavy (non-hydrogen) atoms. The first-order valence-corrected chi connectivity index (χ1v) is 5.90. The molecule has 90 valence electrons. The molecule has 0 spiro atoms. The first-order valence-electron chi connectivity index (χ1n) is 5.90. The van der Waals surface area contributed by atoms with Crippen molar-refractivity contribution in [3.63, 3.8) is 0 Å². The standard InChI is InChI=1S/C14H13N3O/c1-2-18-13-6-3-5-12-11(13)7-10-17(12)14-15-8-4-9-16-14/h3-10H,2H2,1H3. The zero-order valence-electron chi connectivity index (χ0n) is 10.1. The van der Waals surface area contributed by atoms with Gasteiger partial charge in [0.25, 0.3) is 0 Å². The molecule has 0 aliphatic heterocycles. The molecule has 0 saturated carbocycles. The van der Waals surface area contributed by atoms with Crippen molar-refractivity contribution < 1.29 is 4.74 Å². The Bertz CT molecular complexity index is 661. The molecule has 0 unspecified atom stereocenters. The first-order chi connectivity index (χ1) is 8.90. The van der Waals surface area contributed by atoms with Crippen molar-refractivity contribution >= 4 is 10.9 Å². The van der Waals surface area contributed by atoms with E-state index >= 15 is 0 Å². The van der Waals surface area contributed by atoms with Crippen molar-refractivity contribution in [2.75, 3.05) is 6.61 Å². The third-order valence-corrected chi connectivity index (χ3v) is 2.76. The van der Waals surface area contributed by atoms with Crippen LogP contribution in [0.1, 0.15) is 6.92 Å². The molecule has 3 rings (SSSR count). The van der Waals surface area contributed by atoms with Crippen LogP contribution in [-0.2, 0) is 0 Å². The molecule has 4 nitrogen and oxygen atoms in total. The average Bonchev–Trinajstić information content (AvgIpc) is 2.85. The van der Waals surface area contributed by atoms with E-state index in [-0.39, 0.29) is 0 Å². The van der Waals surface area contributed by atoms with Gasteiger partial charge in [0.15, 0.2) is 0 Å². The smallest absolute Gasteiger partial charge is 0.234 e. The molecule has 3 aromatic rings. The van der Waals surface area contributed by atoms with Crippen molar-refractivity contribution in [1.29, 1.82) is 0 Å². The van der Waals surface area contributed by atoms with Gasteiger partial charge in [0.05, 0.1) is 12.1 Å². The lowest BCUT2D eigenvalue weighted by molar-refractivity contribution is 0.344. The highest BCUT2D eigenvalue weighted by molar-refractivity contribution is 5.87. The van der Waals surface area contributed by atoms with Gasteiger partial charge in [-0.15, -0.1) is 0 Å². The quantitative estimate of drug-likeness (QED) is 0.705. The summed E-state index contributed by atoms with van der Waals surface area (Å²) >= 11 is 0. The molecular formula is C14H13N3O. The van der Waals surface area contributed by atoms with Gasteiger partial charge in [-0.1, -0.05) is 6.07 Å². The fourth-order valence-corrected chi connectivity index (χ4v) is 2.01. The third-order valence-electron chi connectivity index (χ3n) is 2.76. The maximum absolute atomic E-state index is 5.61. The number of ether oxygens (including phenoxy) is 1. The highest BCUT2D eigenvalue weighted by Gasteiger charge is 2.08. The molecule has 0 amide bonds. The number of benzene rings is 1. The van der Waals surface area contributed by atoms with E-state index in [1.54, 1.807) is 18.5 Å². The minimum absolute atomic E-state index is 0.659. The van der Waals surface area contributed by atoms with Gasteiger partial charge in [-0.2, -0.15) is 0 Å². The Labute approximate surface area is 105 Å². The fourth-order valence-electron chi connectivity index (χ4n) is 2.01. The minimum Gasteiger partial charge on any atom is -0.493 e. The molecule has 1 aromatic carbocycles. The van der Waals surface area contributed by atoms with Crippen LogP contribution in [0.15, 0.2) is 48.9 Å². The highest BCUT2D eigenvalue weighted by atomic mass is 16.5. The minimum atomic E-state index is 0.659. The molecule has 0 bridgehead atoms. The molecule has 2 aromatic heterocycles. The average molecular weight is 239 g/mol. The Balaban J connectivity index is 2.18. The van der Waals surface area contributed by atoms with E-state index in [0.717, 1.165) is 16.7 Å². The molecule has 0 atom stereocenters. The molecule has 0 saturated heterocycles. The van der Waals surface area contributed by atoms with Gasteiger partial charge in [-0.3, -0.25) is 4.57 Å². The Hall–Kier alpha value is -2.36. The van der Waals surface area contributed by atoms with Crippen molar-refractivity contribution in [2.45, 2.75) is 6.92 Å². The number of nitrogens with zero attached hydrogens (tertiary/aromatic N) is 3. The maximum atomic E-state index is 5.61. The van der Waals surface area contributed by atoms with Crippen LogP contribution in [0.2, 0.25) is 0 Å². The summed E-state index contributed by atoms with van der Waals surface area (Å²) in [6.07, 6.45) is 5.43. The van der Waals surface area contributed by atoms with Crippen LogP contribution in [0.4, 0.5) is 0 Å². The van der Waals surface area contributed by atoms with E-state index in [0.29, 0.717) is 12.6 Å². The van der Waals surface area contributed by atoms with Gasteiger partial charge in [-0.25, -0.2) is 9.97 Å². The predicted octanol–water partition coefficient (Wildman–Crippen LogP) is 2.82. The zero-order chi connectivity index (χ0) is 12.4. The summed E-state index contributed by atoms with van der Waals surface area (Å²) in [5.41, 5.74) is 1.05. The van der Waals surface area contributed by atoms with E-state index in [1.807, 2.05) is 42.0 Å². The number of fused-ring (bicyclic) bond motifs is 1. The van der Waals surface area contributed by atoms with Crippen molar-refractivity contribution in [1.82, 2.24) is 14.5 Å².